The number of hydrogen-bond donors (Lipinski definition) is 1. The molecule has 3 heteroatoms. The molecular weight excluding hydrogens is 188 g/mol. The average Bonchev–Trinajstić information content (AvgIpc) is 2.11. The predicted octanol–water partition coefficient (Wildman–Crippen LogP) is 1.72. The van der Waals surface area contributed by atoms with Crippen LogP contribution in [0.15, 0.2) is 0 Å². The molecule has 0 radical (unpaired) electrons. The number of likely N-dealkylation sites (N-methyl/N-ethyl adjacent to an activating group) is 1. The molecular formula is C12H28N2O. The fraction of sp³-hybridized carbons (Fsp3) is 1.00. The molecule has 0 fully saturated rings. The molecule has 2 unspecified atom stereocenters. The number of ether oxygens (including phenoxy) is 1. The lowest BCUT2D eigenvalue weighted by Crippen LogP contribution is -2.45. The van der Waals surface area contributed by atoms with Crippen LogP contribution < -0.4 is 5.73 Å². The van der Waals surface area contributed by atoms with Crippen LogP contribution in [-0.4, -0.2) is 44.3 Å². The maximum Gasteiger partial charge on any atom is 0.0477 e. The van der Waals surface area contributed by atoms with Crippen LogP contribution in [0.5, 0.6) is 0 Å². The van der Waals surface area contributed by atoms with Gasteiger partial charge < -0.3 is 15.4 Å². The Morgan fingerprint density at radius 3 is 2.27 bits per heavy atom. The minimum atomic E-state index is 0.208. The zero-order valence-electron chi connectivity index (χ0n) is 11.2. The lowest BCUT2D eigenvalue weighted by Gasteiger charge is -2.36. The van der Waals surface area contributed by atoms with Crippen molar-refractivity contribution in [1.82, 2.24) is 4.90 Å². The molecule has 0 aromatic heterocycles. The van der Waals surface area contributed by atoms with Crippen molar-refractivity contribution in [3.05, 3.63) is 0 Å². The zero-order chi connectivity index (χ0) is 12.1. The Morgan fingerprint density at radius 2 is 1.87 bits per heavy atom. The van der Waals surface area contributed by atoms with E-state index in [4.69, 9.17) is 10.5 Å². The zero-order valence-corrected chi connectivity index (χ0v) is 11.2. The van der Waals surface area contributed by atoms with Crippen molar-refractivity contribution < 1.29 is 4.74 Å². The summed E-state index contributed by atoms with van der Waals surface area (Å²) in [5.74, 6) is 0. The first-order valence-corrected chi connectivity index (χ1v) is 5.73. The minimum Gasteiger partial charge on any atom is -0.385 e. The van der Waals surface area contributed by atoms with E-state index in [1.165, 1.54) is 0 Å². The largest absolute Gasteiger partial charge is 0.385 e. The van der Waals surface area contributed by atoms with Crippen LogP contribution in [0.3, 0.4) is 0 Å². The third-order valence-electron chi connectivity index (χ3n) is 3.13. The molecule has 0 aliphatic carbocycles. The SMILES string of the molecule is COCCC(N)CN(C)C(C)C(C)(C)C. The van der Waals surface area contributed by atoms with Crippen molar-refractivity contribution in [2.75, 3.05) is 27.3 Å². The van der Waals surface area contributed by atoms with Crippen molar-refractivity contribution >= 4 is 0 Å². The molecule has 0 amide bonds. The molecule has 0 heterocycles. The van der Waals surface area contributed by atoms with E-state index in [2.05, 4.69) is 39.6 Å². The standard InChI is InChI=1S/C12H28N2O/c1-10(12(2,3)4)14(5)9-11(13)7-8-15-6/h10-11H,7-9,13H2,1-6H3. The molecule has 92 valence electrons. The van der Waals surface area contributed by atoms with Gasteiger partial charge in [0, 0.05) is 32.3 Å². The Bertz CT molecular complexity index is 165. The second-order valence-electron chi connectivity index (χ2n) is 5.52. The predicted molar refractivity (Wildman–Crippen MR) is 66.0 cm³/mol. The van der Waals surface area contributed by atoms with Crippen LogP contribution in [0.25, 0.3) is 0 Å². The van der Waals surface area contributed by atoms with Gasteiger partial charge in [-0.2, -0.15) is 0 Å². The van der Waals surface area contributed by atoms with Crippen molar-refractivity contribution in [3.8, 4) is 0 Å². The normalized spacial score (nSPS) is 16.8. The van der Waals surface area contributed by atoms with Crippen LogP contribution in [0, 0.1) is 5.41 Å². The summed E-state index contributed by atoms with van der Waals surface area (Å²) >= 11 is 0. The summed E-state index contributed by atoms with van der Waals surface area (Å²) in [6.07, 6.45) is 0.928. The molecule has 0 aromatic rings. The van der Waals surface area contributed by atoms with Gasteiger partial charge in [-0.05, 0) is 25.8 Å². The third kappa shape index (κ3) is 6.13. The highest BCUT2D eigenvalue weighted by Crippen LogP contribution is 2.22. The van der Waals surface area contributed by atoms with Gasteiger partial charge in [0.05, 0.1) is 0 Å². The maximum absolute atomic E-state index is 6.02. The Balaban J connectivity index is 3.96. The highest BCUT2D eigenvalue weighted by atomic mass is 16.5. The average molecular weight is 216 g/mol. The van der Waals surface area contributed by atoms with Gasteiger partial charge in [-0.25, -0.2) is 0 Å². The van der Waals surface area contributed by atoms with Crippen LogP contribution in [0.2, 0.25) is 0 Å². The van der Waals surface area contributed by atoms with E-state index in [-0.39, 0.29) is 6.04 Å². The molecule has 2 N–H and O–H groups in total. The summed E-state index contributed by atoms with van der Waals surface area (Å²) in [6.45, 7) is 10.7. The topological polar surface area (TPSA) is 38.5 Å². The summed E-state index contributed by atoms with van der Waals surface area (Å²) in [5, 5.41) is 0. The smallest absolute Gasteiger partial charge is 0.0477 e. The Kier molecular flexibility index (Phi) is 6.41. The number of rotatable bonds is 6. The van der Waals surface area contributed by atoms with Crippen LogP contribution >= 0.6 is 0 Å². The molecule has 2 atom stereocenters. The maximum atomic E-state index is 6.02. The lowest BCUT2D eigenvalue weighted by atomic mass is 9.87. The van der Waals surface area contributed by atoms with E-state index in [1.807, 2.05) is 0 Å². The molecule has 3 nitrogen and oxygen atoms in total. The first-order chi connectivity index (χ1) is 6.79. The summed E-state index contributed by atoms with van der Waals surface area (Å²) in [7, 11) is 3.86. The fourth-order valence-electron chi connectivity index (χ4n) is 1.55. The van der Waals surface area contributed by atoms with Gasteiger partial charge in [-0.1, -0.05) is 20.8 Å². The molecule has 15 heavy (non-hydrogen) atoms. The van der Waals surface area contributed by atoms with Crippen LogP contribution in [-0.2, 0) is 4.74 Å². The van der Waals surface area contributed by atoms with Gasteiger partial charge in [-0.3, -0.25) is 0 Å². The molecule has 0 saturated heterocycles. The summed E-state index contributed by atoms with van der Waals surface area (Å²) in [6, 6.07) is 0.742. The van der Waals surface area contributed by atoms with Crippen molar-refractivity contribution in [2.24, 2.45) is 11.1 Å². The van der Waals surface area contributed by atoms with Gasteiger partial charge in [0.25, 0.3) is 0 Å². The van der Waals surface area contributed by atoms with Gasteiger partial charge in [0.2, 0.25) is 0 Å². The summed E-state index contributed by atoms with van der Waals surface area (Å²) in [4.78, 5) is 2.33. The van der Waals surface area contributed by atoms with E-state index in [9.17, 15) is 0 Å². The van der Waals surface area contributed by atoms with Crippen molar-refractivity contribution in [2.45, 2.75) is 46.2 Å². The second-order valence-corrected chi connectivity index (χ2v) is 5.52. The fourth-order valence-corrected chi connectivity index (χ4v) is 1.55. The molecule has 0 aromatic carbocycles. The van der Waals surface area contributed by atoms with Gasteiger partial charge in [-0.15, -0.1) is 0 Å². The van der Waals surface area contributed by atoms with Crippen molar-refractivity contribution in [1.29, 1.82) is 0 Å². The third-order valence-corrected chi connectivity index (χ3v) is 3.13. The van der Waals surface area contributed by atoms with Crippen molar-refractivity contribution in [3.63, 3.8) is 0 Å². The monoisotopic (exact) mass is 216 g/mol. The molecule has 0 aliphatic heterocycles. The Morgan fingerprint density at radius 1 is 1.33 bits per heavy atom. The Labute approximate surface area is 95.0 Å². The van der Waals surface area contributed by atoms with E-state index in [0.717, 1.165) is 19.6 Å². The summed E-state index contributed by atoms with van der Waals surface area (Å²) in [5.41, 5.74) is 6.32. The highest BCUT2D eigenvalue weighted by Gasteiger charge is 2.24. The number of nitrogens with zero attached hydrogens (tertiary/aromatic N) is 1. The molecule has 0 spiro atoms. The van der Waals surface area contributed by atoms with Crippen LogP contribution in [0.4, 0.5) is 0 Å². The molecule has 0 aliphatic rings. The number of methoxy groups -OCH3 is 1. The number of hydrogen-bond acceptors (Lipinski definition) is 3. The Hall–Kier alpha value is -0.120. The quantitative estimate of drug-likeness (QED) is 0.734. The van der Waals surface area contributed by atoms with Crippen LogP contribution in [0.1, 0.15) is 34.1 Å². The second kappa shape index (κ2) is 6.46. The summed E-state index contributed by atoms with van der Waals surface area (Å²) < 4.78 is 5.02. The van der Waals surface area contributed by atoms with Gasteiger partial charge >= 0.3 is 0 Å². The molecule has 0 bridgehead atoms. The van der Waals surface area contributed by atoms with E-state index in [1.54, 1.807) is 7.11 Å². The minimum absolute atomic E-state index is 0.208. The molecule has 0 rings (SSSR count). The molecule has 0 saturated carbocycles. The van der Waals surface area contributed by atoms with E-state index in [0.29, 0.717) is 11.5 Å². The highest BCUT2D eigenvalue weighted by molar-refractivity contribution is 4.79. The lowest BCUT2D eigenvalue weighted by molar-refractivity contribution is 0.124. The van der Waals surface area contributed by atoms with Gasteiger partial charge in [0.15, 0.2) is 0 Å². The van der Waals surface area contributed by atoms with Gasteiger partial charge in [0.1, 0.15) is 0 Å². The number of nitrogens with two attached hydrogens (primary N) is 1. The van der Waals surface area contributed by atoms with E-state index < -0.39 is 0 Å². The first-order valence-electron chi connectivity index (χ1n) is 5.73. The van der Waals surface area contributed by atoms with E-state index >= 15 is 0 Å². The first kappa shape index (κ1) is 14.9.